The van der Waals surface area contributed by atoms with Crippen LogP contribution in [0.1, 0.15) is 86.6 Å². The van der Waals surface area contributed by atoms with E-state index in [4.69, 9.17) is 9.72 Å². The number of rotatable bonds is 6. The highest BCUT2D eigenvalue weighted by molar-refractivity contribution is 5.91. The van der Waals surface area contributed by atoms with Crippen LogP contribution in [0.2, 0.25) is 0 Å². The molecule has 0 aliphatic heterocycles. The van der Waals surface area contributed by atoms with Gasteiger partial charge in [0.25, 0.3) is 0 Å². The number of ether oxygens (including phenoxy) is 1. The van der Waals surface area contributed by atoms with Crippen molar-refractivity contribution >= 4 is 5.97 Å². The maximum absolute atomic E-state index is 12.2. The molecule has 2 rings (SSSR count). The summed E-state index contributed by atoms with van der Waals surface area (Å²) in [6.45, 7) is 11.0. The van der Waals surface area contributed by atoms with Crippen LogP contribution in [0.25, 0.3) is 0 Å². The van der Waals surface area contributed by atoms with Gasteiger partial charge in [-0.05, 0) is 49.7 Å². The summed E-state index contributed by atoms with van der Waals surface area (Å²) in [6.07, 6.45) is 3.25. The minimum absolute atomic E-state index is 0.218. The maximum Gasteiger partial charge on any atom is 0.339 e. The van der Waals surface area contributed by atoms with Gasteiger partial charge in [0.2, 0.25) is 0 Å². The van der Waals surface area contributed by atoms with E-state index in [1.54, 1.807) is 0 Å². The molecule has 0 bridgehead atoms. The van der Waals surface area contributed by atoms with Crippen LogP contribution in [-0.2, 0) is 11.2 Å². The molecule has 0 radical (unpaired) electrons. The monoisotopic (exact) mass is 289 g/mol. The topological polar surface area (TPSA) is 39.2 Å². The molecule has 0 atom stereocenters. The Morgan fingerprint density at radius 1 is 1.33 bits per heavy atom. The van der Waals surface area contributed by atoms with E-state index in [0.717, 1.165) is 30.7 Å². The highest BCUT2D eigenvalue weighted by Crippen LogP contribution is 2.42. The lowest BCUT2D eigenvalue weighted by Gasteiger charge is -2.18. The van der Waals surface area contributed by atoms with Crippen molar-refractivity contribution in [3.05, 3.63) is 28.6 Å². The zero-order valence-electron chi connectivity index (χ0n) is 13.9. The van der Waals surface area contributed by atoms with Gasteiger partial charge < -0.3 is 4.74 Å². The Morgan fingerprint density at radius 3 is 2.48 bits per heavy atom. The lowest BCUT2D eigenvalue weighted by Crippen LogP contribution is -2.14. The molecule has 0 N–H and O–H groups in total. The molecule has 21 heavy (non-hydrogen) atoms. The van der Waals surface area contributed by atoms with Crippen LogP contribution < -0.4 is 0 Å². The number of hydrogen-bond acceptors (Lipinski definition) is 3. The standard InChI is InChI=1S/C18H27NO2/c1-6-21-18(20)15-10-14(12(4)5)16(9-11(2)3)19-17(15)13-7-8-13/h10-13H,6-9H2,1-5H3. The molecule has 1 fully saturated rings. The predicted molar refractivity (Wildman–Crippen MR) is 84.8 cm³/mol. The number of carbonyl (C=O) groups excluding carboxylic acids is 1. The van der Waals surface area contributed by atoms with E-state index >= 15 is 0 Å². The number of nitrogens with zero attached hydrogens (tertiary/aromatic N) is 1. The molecule has 1 saturated carbocycles. The van der Waals surface area contributed by atoms with Crippen molar-refractivity contribution in [1.82, 2.24) is 4.98 Å². The predicted octanol–water partition coefficient (Wildman–Crippen LogP) is 4.46. The minimum Gasteiger partial charge on any atom is -0.462 e. The summed E-state index contributed by atoms with van der Waals surface area (Å²) in [4.78, 5) is 17.1. The number of aromatic nitrogens is 1. The van der Waals surface area contributed by atoms with Crippen molar-refractivity contribution in [2.75, 3.05) is 6.61 Å². The van der Waals surface area contributed by atoms with Crippen LogP contribution in [0.15, 0.2) is 6.07 Å². The Labute approximate surface area is 128 Å². The normalized spacial score (nSPS) is 14.8. The first-order chi connectivity index (χ1) is 9.93. The van der Waals surface area contributed by atoms with Gasteiger partial charge in [0.05, 0.1) is 17.9 Å². The molecule has 0 amide bonds. The largest absolute Gasteiger partial charge is 0.462 e. The Kier molecular flexibility index (Phi) is 5.02. The summed E-state index contributed by atoms with van der Waals surface area (Å²) in [5.74, 6) is 1.17. The number of hydrogen-bond donors (Lipinski definition) is 0. The van der Waals surface area contributed by atoms with Gasteiger partial charge in [-0.1, -0.05) is 27.7 Å². The second-order valence-electron chi connectivity index (χ2n) is 6.70. The Bertz CT molecular complexity index is 516. The third kappa shape index (κ3) is 3.84. The quantitative estimate of drug-likeness (QED) is 0.726. The lowest BCUT2D eigenvalue weighted by atomic mass is 9.93. The summed E-state index contributed by atoms with van der Waals surface area (Å²) in [7, 11) is 0. The van der Waals surface area contributed by atoms with Crippen molar-refractivity contribution in [1.29, 1.82) is 0 Å². The molecule has 1 aliphatic carbocycles. The van der Waals surface area contributed by atoms with Crippen molar-refractivity contribution < 1.29 is 9.53 Å². The Hall–Kier alpha value is -1.38. The molecule has 0 saturated heterocycles. The molecule has 0 aromatic carbocycles. The van der Waals surface area contributed by atoms with Gasteiger partial charge >= 0.3 is 5.97 Å². The van der Waals surface area contributed by atoms with E-state index in [9.17, 15) is 4.79 Å². The average Bonchev–Trinajstić information content (AvgIpc) is 3.21. The molecule has 1 aromatic rings. The summed E-state index contributed by atoms with van der Waals surface area (Å²) >= 11 is 0. The first kappa shape index (κ1) is 16.0. The van der Waals surface area contributed by atoms with E-state index in [1.165, 1.54) is 5.56 Å². The van der Waals surface area contributed by atoms with Gasteiger partial charge in [0, 0.05) is 11.6 Å². The van der Waals surface area contributed by atoms with Crippen LogP contribution in [0.4, 0.5) is 0 Å². The fourth-order valence-corrected chi connectivity index (χ4v) is 2.67. The van der Waals surface area contributed by atoms with Crippen LogP contribution in [-0.4, -0.2) is 17.6 Å². The number of pyridine rings is 1. The molecule has 1 heterocycles. The molecule has 1 aliphatic rings. The first-order valence-electron chi connectivity index (χ1n) is 8.14. The summed E-state index contributed by atoms with van der Waals surface area (Å²) < 4.78 is 5.22. The van der Waals surface area contributed by atoms with Gasteiger partial charge in [-0.25, -0.2) is 4.79 Å². The van der Waals surface area contributed by atoms with Gasteiger partial charge in [0.15, 0.2) is 0 Å². The number of esters is 1. The molecule has 3 nitrogen and oxygen atoms in total. The van der Waals surface area contributed by atoms with Gasteiger partial charge in [-0.15, -0.1) is 0 Å². The smallest absolute Gasteiger partial charge is 0.339 e. The van der Waals surface area contributed by atoms with Crippen LogP contribution >= 0.6 is 0 Å². The first-order valence-corrected chi connectivity index (χ1v) is 8.14. The van der Waals surface area contributed by atoms with E-state index in [-0.39, 0.29) is 5.97 Å². The third-order valence-corrected chi connectivity index (χ3v) is 3.85. The highest BCUT2D eigenvalue weighted by Gasteiger charge is 2.31. The van der Waals surface area contributed by atoms with Gasteiger partial charge in [-0.2, -0.15) is 0 Å². The molecule has 0 spiro atoms. The van der Waals surface area contributed by atoms with Crippen LogP contribution in [0.3, 0.4) is 0 Å². The summed E-state index contributed by atoms with van der Waals surface area (Å²) in [5.41, 5.74) is 4.01. The fourth-order valence-electron chi connectivity index (χ4n) is 2.67. The molecular formula is C18H27NO2. The number of carbonyl (C=O) groups is 1. The second-order valence-corrected chi connectivity index (χ2v) is 6.70. The van der Waals surface area contributed by atoms with Gasteiger partial charge in [-0.3, -0.25) is 4.98 Å². The molecule has 0 unspecified atom stereocenters. The van der Waals surface area contributed by atoms with Gasteiger partial charge in [0.1, 0.15) is 0 Å². The van der Waals surface area contributed by atoms with E-state index in [2.05, 4.69) is 27.7 Å². The summed E-state index contributed by atoms with van der Waals surface area (Å²) in [6, 6.07) is 2.04. The van der Waals surface area contributed by atoms with E-state index < -0.39 is 0 Å². The summed E-state index contributed by atoms with van der Waals surface area (Å²) in [5, 5.41) is 0. The zero-order chi connectivity index (χ0) is 15.6. The SMILES string of the molecule is CCOC(=O)c1cc(C(C)C)c(CC(C)C)nc1C1CC1. The molecule has 116 valence electrons. The van der Waals surface area contributed by atoms with Crippen molar-refractivity contribution in [2.45, 2.75) is 65.7 Å². The second kappa shape index (κ2) is 6.59. The molecule has 3 heteroatoms. The third-order valence-electron chi connectivity index (χ3n) is 3.85. The van der Waals surface area contributed by atoms with Crippen molar-refractivity contribution in [3.8, 4) is 0 Å². The highest BCUT2D eigenvalue weighted by atomic mass is 16.5. The minimum atomic E-state index is -0.218. The van der Waals surface area contributed by atoms with E-state index in [1.807, 2.05) is 13.0 Å². The Morgan fingerprint density at radius 2 is 2.00 bits per heavy atom. The zero-order valence-corrected chi connectivity index (χ0v) is 13.9. The Balaban J connectivity index is 2.48. The molecular weight excluding hydrogens is 262 g/mol. The van der Waals surface area contributed by atoms with Crippen LogP contribution in [0, 0.1) is 5.92 Å². The lowest BCUT2D eigenvalue weighted by molar-refractivity contribution is 0.0524. The maximum atomic E-state index is 12.2. The molecule has 1 aromatic heterocycles. The average molecular weight is 289 g/mol. The van der Waals surface area contributed by atoms with Crippen molar-refractivity contribution in [3.63, 3.8) is 0 Å². The van der Waals surface area contributed by atoms with E-state index in [0.29, 0.717) is 29.9 Å². The van der Waals surface area contributed by atoms with Crippen LogP contribution in [0.5, 0.6) is 0 Å². The van der Waals surface area contributed by atoms with Crippen molar-refractivity contribution in [2.24, 2.45) is 5.92 Å². The fraction of sp³-hybridized carbons (Fsp3) is 0.667.